The zero-order chi connectivity index (χ0) is 19.2. The predicted molar refractivity (Wildman–Crippen MR) is 99.7 cm³/mol. The average Bonchev–Trinajstić information content (AvgIpc) is 2.67. The van der Waals surface area contributed by atoms with E-state index in [0.717, 1.165) is 23.1 Å². The first kappa shape index (κ1) is 18.8. The topological polar surface area (TPSA) is 18.5 Å². The van der Waals surface area contributed by atoms with Crippen molar-refractivity contribution in [2.24, 2.45) is 0 Å². The number of rotatable bonds is 7. The third kappa shape index (κ3) is 4.82. The minimum absolute atomic E-state index is 0.109. The summed E-state index contributed by atoms with van der Waals surface area (Å²) >= 11 is 0. The zero-order valence-corrected chi connectivity index (χ0v) is 14.8. The minimum atomic E-state index is -2.84. The van der Waals surface area contributed by atoms with Crippen LogP contribution in [0.5, 0.6) is 11.5 Å². The molecule has 0 aliphatic carbocycles. The molecule has 0 unspecified atom stereocenters. The van der Waals surface area contributed by atoms with Crippen LogP contribution in [0.25, 0.3) is 22.3 Å². The second-order valence-electron chi connectivity index (χ2n) is 5.97. The Labute approximate surface area is 156 Å². The van der Waals surface area contributed by atoms with E-state index < -0.39 is 6.61 Å². The van der Waals surface area contributed by atoms with Crippen LogP contribution in [-0.4, -0.2) is 13.2 Å². The van der Waals surface area contributed by atoms with Crippen molar-refractivity contribution >= 4 is 0 Å². The van der Waals surface area contributed by atoms with Gasteiger partial charge in [-0.2, -0.15) is 8.78 Å². The molecule has 0 radical (unpaired) electrons. The number of halogens is 3. The van der Waals surface area contributed by atoms with Crippen molar-refractivity contribution in [3.05, 3.63) is 72.5 Å². The summed E-state index contributed by atoms with van der Waals surface area (Å²) in [6.45, 7) is -0.302. The van der Waals surface area contributed by atoms with Crippen LogP contribution in [0.4, 0.5) is 13.2 Å². The van der Waals surface area contributed by atoms with Gasteiger partial charge in [-0.25, -0.2) is 4.39 Å². The lowest BCUT2D eigenvalue weighted by atomic mass is 10.00. The summed E-state index contributed by atoms with van der Waals surface area (Å²) in [5, 5.41) is 0. The van der Waals surface area contributed by atoms with E-state index in [-0.39, 0.29) is 11.6 Å². The molecular formula is C22H19F3O2. The maximum absolute atomic E-state index is 14.4. The Hall–Kier alpha value is -2.95. The van der Waals surface area contributed by atoms with Crippen molar-refractivity contribution in [2.45, 2.75) is 20.0 Å². The maximum Gasteiger partial charge on any atom is 0.387 e. The van der Waals surface area contributed by atoms with Crippen molar-refractivity contribution in [2.75, 3.05) is 6.61 Å². The quantitative estimate of drug-likeness (QED) is 0.468. The average molecular weight is 372 g/mol. The third-order valence-electron chi connectivity index (χ3n) is 4.02. The normalized spacial score (nSPS) is 10.9. The van der Waals surface area contributed by atoms with Gasteiger partial charge >= 0.3 is 6.61 Å². The molecule has 0 aromatic heterocycles. The molecule has 0 saturated carbocycles. The highest BCUT2D eigenvalue weighted by Crippen LogP contribution is 2.29. The maximum atomic E-state index is 14.4. The molecule has 0 aliphatic heterocycles. The summed E-state index contributed by atoms with van der Waals surface area (Å²) in [5.74, 6) is 0.281. The Bertz CT molecular complexity index is 875. The van der Waals surface area contributed by atoms with Crippen molar-refractivity contribution in [3.8, 4) is 33.8 Å². The van der Waals surface area contributed by atoms with Crippen LogP contribution in [0.2, 0.25) is 0 Å². The fourth-order valence-corrected chi connectivity index (χ4v) is 2.71. The largest absolute Gasteiger partial charge is 0.494 e. The number of hydrogen-bond donors (Lipinski definition) is 0. The molecule has 0 atom stereocenters. The van der Waals surface area contributed by atoms with E-state index >= 15 is 0 Å². The van der Waals surface area contributed by atoms with Gasteiger partial charge in [0.25, 0.3) is 0 Å². The Morgan fingerprint density at radius 3 is 1.89 bits per heavy atom. The highest BCUT2D eigenvalue weighted by molar-refractivity contribution is 5.71. The predicted octanol–water partition coefficient (Wildman–Crippen LogP) is 6.55. The Kier molecular flexibility index (Phi) is 6.01. The molecule has 0 fully saturated rings. The van der Waals surface area contributed by atoms with Crippen LogP contribution in [0, 0.1) is 5.82 Å². The minimum Gasteiger partial charge on any atom is -0.494 e. The van der Waals surface area contributed by atoms with E-state index in [1.165, 1.54) is 18.2 Å². The smallest absolute Gasteiger partial charge is 0.387 e. The van der Waals surface area contributed by atoms with E-state index in [2.05, 4.69) is 4.74 Å². The van der Waals surface area contributed by atoms with Gasteiger partial charge in [-0.05, 0) is 47.4 Å². The summed E-state index contributed by atoms with van der Waals surface area (Å²) in [4.78, 5) is 0. The van der Waals surface area contributed by atoms with E-state index in [4.69, 9.17) is 4.74 Å². The molecule has 0 aliphatic rings. The monoisotopic (exact) mass is 372 g/mol. The van der Waals surface area contributed by atoms with Gasteiger partial charge in [-0.3, -0.25) is 0 Å². The Morgan fingerprint density at radius 2 is 1.33 bits per heavy atom. The van der Waals surface area contributed by atoms with Gasteiger partial charge in [0.05, 0.1) is 6.61 Å². The standard InChI is InChI=1S/C22H19F3O2/c1-2-13-26-19-11-12-20(21(23)14-19)17-5-3-15(4-6-17)16-7-9-18(10-8-16)27-22(24)25/h3-12,14,22H,2,13H2,1H3. The molecular weight excluding hydrogens is 353 g/mol. The van der Waals surface area contributed by atoms with E-state index in [0.29, 0.717) is 17.9 Å². The second-order valence-corrected chi connectivity index (χ2v) is 5.97. The van der Waals surface area contributed by atoms with Crippen molar-refractivity contribution in [1.82, 2.24) is 0 Å². The lowest BCUT2D eigenvalue weighted by Gasteiger charge is -2.09. The lowest BCUT2D eigenvalue weighted by molar-refractivity contribution is -0.0498. The molecule has 0 saturated heterocycles. The molecule has 0 N–H and O–H groups in total. The van der Waals surface area contributed by atoms with Crippen molar-refractivity contribution < 1.29 is 22.6 Å². The van der Waals surface area contributed by atoms with Crippen molar-refractivity contribution in [3.63, 3.8) is 0 Å². The van der Waals surface area contributed by atoms with Gasteiger partial charge in [0.2, 0.25) is 0 Å². The number of alkyl halides is 2. The Morgan fingerprint density at radius 1 is 0.778 bits per heavy atom. The highest BCUT2D eigenvalue weighted by atomic mass is 19.3. The van der Waals surface area contributed by atoms with E-state index in [1.807, 2.05) is 31.2 Å². The van der Waals surface area contributed by atoms with Crippen LogP contribution < -0.4 is 9.47 Å². The highest BCUT2D eigenvalue weighted by Gasteiger charge is 2.08. The van der Waals surface area contributed by atoms with Crippen molar-refractivity contribution in [1.29, 1.82) is 0 Å². The molecule has 0 heterocycles. The SMILES string of the molecule is CCCOc1ccc(-c2ccc(-c3ccc(OC(F)F)cc3)cc2)c(F)c1. The zero-order valence-electron chi connectivity index (χ0n) is 14.8. The first-order valence-corrected chi connectivity index (χ1v) is 8.65. The van der Waals surface area contributed by atoms with Crippen LogP contribution >= 0.6 is 0 Å². The van der Waals surface area contributed by atoms with E-state index in [9.17, 15) is 13.2 Å². The number of ether oxygens (including phenoxy) is 2. The second kappa shape index (κ2) is 8.62. The molecule has 0 amide bonds. The van der Waals surface area contributed by atoms with Gasteiger partial charge in [0.15, 0.2) is 0 Å². The van der Waals surface area contributed by atoms with Gasteiger partial charge in [0, 0.05) is 11.6 Å². The molecule has 0 bridgehead atoms. The fourth-order valence-electron chi connectivity index (χ4n) is 2.71. The Balaban J connectivity index is 1.77. The molecule has 3 rings (SSSR count). The van der Waals surface area contributed by atoms with Crippen LogP contribution in [-0.2, 0) is 0 Å². The van der Waals surface area contributed by atoms with Crippen LogP contribution in [0.3, 0.4) is 0 Å². The summed E-state index contributed by atoms with van der Waals surface area (Å²) in [6, 6.07) is 18.6. The molecule has 2 nitrogen and oxygen atoms in total. The number of hydrogen-bond acceptors (Lipinski definition) is 2. The summed E-state index contributed by atoms with van der Waals surface area (Å²) < 4.78 is 48.6. The van der Waals surface area contributed by atoms with Crippen LogP contribution in [0.1, 0.15) is 13.3 Å². The molecule has 0 spiro atoms. The fraction of sp³-hybridized carbons (Fsp3) is 0.182. The summed E-state index contributed by atoms with van der Waals surface area (Å²) in [5.41, 5.74) is 2.99. The summed E-state index contributed by atoms with van der Waals surface area (Å²) in [7, 11) is 0. The van der Waals surface area contributed by atoms with E-state index in [1.54, 1.807) is 24.3 Å². The number of benzene rings is 3. The molecule has 5 heteroatoms. The molecule has 27 heavy (non-hydrogen) atoms. The summed E-state index contributed by atoms with van der Waals surface area (Å²) in [6.07, 6.45) is 0.861. The van der Waals surface area contributed by atoms with Gasteiger partial charge < -0.3 is 9.47 Å². The van der Waals surface area contributed by atoms with Gasteiger partial charge in [-0.1, -0.05) is 43.3 Å². The van der Waals surface area contributed by atoms with Gasteiger partial charge in [0.1, 0.15) is 17.3 Å². The first-order valence-electron chi connectivity index (χ1n) is 8.65. The van der Waals surface area contributed by atoms with Gasteiger partial charge in [-0.15, -0.1) is 0 Å². The van der Waals surface area contributed by atoms with Crippen LogP contribution in [0.15, 0.2) is 66.7 Å². The third-order valence-corrected chi connectivity index (χ3v) is 4.02. The molecule has 3 aromatic rings. The lowest BCUT2D eigenvalue weighted by Crippen LogP contribution is -2.01. The molecule has 3 aromatic carbocycles. The molecule has 140 valence electrons. The first-order chi connectivity index (χ1) is 13.1.